The Morgan fingerprint density at radius 2 is 1.93 bits per heavy atom. The number of rotatable bonds is 5. The molecule has 1 aromatic heterocycles. The van der Waals surface area contributed by atoms with E-state index in [-0.39, 0.29) is 43.8 Å². The summed E-state index contributed by atoms with van der Waals surface area (Å²) in [7, 11) is 3.06. The second-order valence-corrected chi connectivity index (χ2v) is 7.01. The Morgan fingerprint density at radius 3 is 2.33 bits per heavy atom. The number of amides is 1. The van der Waals surface area contributed by atoms with E-state index < -0.39 is 5.91 Å². The van der Waals surface area contributed by atoms with Gasteiger partial charge in [0.15, 0.2) is 0 Å². The Hall–Kier alpha value is -1.08. The van der Waals surface area contributed by atoms with Crippen LogP contribution in [0.15, 0.2) is 18.2 Å². The number of pyridine rings is 1. The van der Waals surface area contributed by atoms with Gasteiger partial charge in [-0.25, -0.2) is 12.1 Å². The SMILES string of the molecule is CCNc1cc(C(C)(C)C)c2nc(C([NH-])=O)cc(C)c2c1.[CH2-]OCC[NH-].[Y+3]. The minimum Gasteiger partial charge on any atom is -0.676 e. The first kappa shape index (κ1) is 25.9. The van der Waals surface area contributed by atoms with Crippen LogP contribution in [-0.4, -0.2) is 30.6 Å². The second kappa shape index (κ2) is 11.7. The summed E-state index contributed by atoms with van der Waals surface area (Å²) < 4.78 is 4.25. The molecule has 0 aliphatic rings. The molecule has 1 aromatic carbocycles. The van der Waals surface area contributed by atoms with Crippen LogP contribution in [0.25, 0.3) is 22.4 Å². The van der Waals surface area contributed by atoms with Crippen molar-refractivity contribution in [1.82, 2.24) is 4.98 Å². The van der Waals surface area contributed by atoms with Gasteiger partial charge in [-0.3, -0.25) is 0 Å². The van der Waals surface area contributed by atoms with E-state index >= 15 is 0 Å². The number of anilines is 1. The van der Waals surface area contributed by atoms with Crippen molar-refractivity contribution in [2.75, 3.05) is 25.0 Å². The Morgan fingerprint density at radius 1 is 1.30 bits per heavy atom. The molecule has 0 atom stereocenters. The smallest absolute Gasteiger partial charge is 0.676 e. The molecular weight excluding hydrogens is 417 g/mol. The van der Waals surface area contributed by atoms with Crippen molar-refractivity contribution in [3.05, 3.63) is 53.6 Å². The number of carbonyl (C=O) groups excluding carboxylic acids is 1. The molecule has 2 aromatic rings. The largest absolute Gasteiger partial charge is 3.00 e. The van der Waals surface area contributed by atoms with Crippen molar-refractivity contribution in [1.29, 1.82) is 0 Å². The van der Waals surface area contributed by atoms with E-state index in [1.54, 1.807) is 6.07 Å². The van der Waals surface area contributed by atoms with E-state index in [1.165, 1.54) is 0 Å². The van der Waals surface area contributed by atoms with Crippen molar-refractivity contribution in [3.8, 4) is 0 Å². The third kappa shape index (κ3) is 7.45. The zero-order valence-electron chi connectivity index (χ0n) is 16.9. The fourth-order valence-electron chi connectivity index (χ4n) is 2.56. The van der Waals surface area contributed by atoms with Gasteiger partial charge in [0.05, 0.1) is 17.1 Å². The number of benzene rings is 1. The summed E-state index contributed by atoms with van der Waals surface area (Å²) in [4.78, 5) is 15.8. The minimum atomic E-state index is -0.740. The first-order chi connectivity index (χ1) is 12.1. The number of aromatic nitrogens is 1. The van der Waals surface area contributed by atoms with Crippen LogP contribution in [-0.2, 0) is 42.9 Å². The Kier molecular flexibility index (Phi) is 11.2. The number of ether oxygens (including phenoxy) is 1. The van der Waals surface area contributed by atoms with Crippen molar-refractivity contribution in [2.24, 2.45) is 0 Å². The molecule has 6 nitrogen and oxygen atoms in total. The molecule has 144 valence electrons. The average Bonchev–Trinajstić information content (AvgIpc) is 2.55. The predicted molar refractivity (Wildman–Crippen MR) is 108 cm³/mol. The number of hydrogen-bond donors (Lipinski definition) is 1. The number of nitrogens with one attached hydrogen (secondary N) is 3. The van der Waals surface area contributed by atoms with Crippen LogP contribution in [0.4, 0.5) is 5.69 Å². The third-order valence-corrected chi connectivity index (χ3v) is 3.79. The van der Waals surface area contributed by atoms with E-state index in [9.17, 15) is 4.79 Å². The summed E-state index contributed by atoms with van der Waals surface area (Å²) in [5.74, 6) is -0.740. The maximum atomic E-state index is 11.4. The molecule has 0 saturated heterocycles. The van der Waals surface area contributed by atoms with E-state index in [4.69, 9.17) is 11.5 Å². The second-order valence-electron chi connectivity index (χ2n) is 7.01. The van der Waals surface area contributed by atoms with Crippen LogP contribution in [0, 0.1) is 14.0 Å². The standard InChI is InChI=1S/C17H23N3O.C3H7NO.Y/c1-6-19-11-8-12-10(2)7-14(16(18)21)20-15(12)13(9-11)17(3,4)5;1-5-3-2-4;/h7-9H,6H2,1-5H3,(H3,18,19,21);4H,1-3H2;/q;-2;+3/p-1. The summed E-state index contributed by atoms with van der Waals surface area (Å²) >= 11 is 0. The summed E-state index contributed by atoms with van der Waals surface area (Å²) in [5.41, 5.74) is 17.8. The maximum absolute atomic E-state index is 11.4. The number of carbonyl (C=O) groups is 1. The molecule has 2 rings (SSSR count). The summed E-state index contributed by atoms with van der Waals surface area (Å²) in [6, 6.07) is 5.85. The number of hydrogen-bond acceptors (Lipinski definition) is 4. The fraction of sp³-hybridized carbons (Fsp3) is 0.450. The normalized spacial score (nSPS) is 10.6. The average molecular weight is 446 g/mol. The summed E-state index contributed by atoms with van der Waals surface area (Å²) in [5, 5.41) is 4.38. The number of aryl methyl sites for hydroxylation is 1. The quantitative estimate of drug-likeness (QED) is 0.630. The first-order valence-corrected chi connectivity index (χ1v) is 8.62. The molecule has 0 fully saturated rings. The Labute approximate surface area is 187 Å². The van der Waals surface area contributed by atoms with Crippen molar-refractivity contribution in [3.63, 3.8) is 0 Å². The molecule has 7 heteroatoms. The van der Waals surface area contributed by atoms with Crippen LogP contribution in [0.5, 0.6) is 0 Å². The van der Waals surface area contributed by atoms with Gasteiger partial charge in [0, 0.05) is 17.6 Å². The van der Waals surface area contributed by atoms with E-state index in [2.05, 4.69) is 62.0 Å². The van der Waals surface area contributed by atoms with Crippen LogP contribution >= 0.6 is 0 Å². The molecule has 1 amide bonds. The van der Waals surface area contributed by atoms with Gasteiger partial charge in [-0.05, 0) is 55.2 Å². The number of fused-ring (bicyclic) bond motifs is 1. The topological polar surface area (TPSA) is 98.8 Å². The molecule has 0 bridgehead atoms. The van der Waals surface area contributed by atoms with Gasteiger partial charge < -0.3 is 26.3 Å². The number of nitrogens with zero attached hydrogens (tertiary/aromatic N) is 1. The van der Waals surface area contributed by atoms with Gasteiger partial charge in [-0.2, -0.15) is 0 Å². The molecule has 0 aliphatic heterocycles. The van der Waals surface area contributed by atoms with Gasteiger partial charge in [0.2, 0.25) is 0 Å². The van der Waals surface area contributed by atoms with Crippen molar-refractivity contribution >= 4 is 22.5 Å². The van der Waals surface area contributed by atoms with Crippen LogP contribution < -0.4 is 5.32 Å². The van der Waals surface area contributed by atoms with Gasteiger partial charge >= 0.3 is 32.7 Å². The molecule has 0 unspecified atom stereocenters. The first-order valence-electron chi connectivity index (χ1n) is 8.62. The van der Waals surface area contributed by atoms with Gasteiger partial charge in [0.1, 0.15) is 0 Å². The van der Waals surface area contributed by atoms with Crippen molar-refractivity contribution in [2.45, 2.75) is 40.0 Å². The Bertz CT molecular complexity index is 756. The molecule has 3 N–H and O–H groups in total. The van der Waals surface area contributed by atoms with Crippen LogP contribution in [0.1, 0.15) is 49.3 Å². The monoisotopic (exact) mass is 446 g/mol. The molecule has 0 spiro atoms. The molecule has 0 saturated carbocycles. The van der Waals surface area contributed by atoms with E-state index in [0.29, 0.717) is 13.2 Å². The molecule has 0 aliphatic carbocycles. The predicted octanol–water partition coefficient (Wildman–Crippen LogP) is 5.31. The maximum Gasteiger partial charge on any atom is 3.00 e. The fourth-order valence-corrected chi connectivity index (χ4v) is 2.56. The van der Waals surface area contributed by atoms with Gasteiger partial charge in [-0.15, -0.1) is 6.54 Å². The molecular formula is C20H29N4O2Y. The molecule has 1 heterocycles. The van der Waals surface area contributed by atoms with Gasteiger partial charge in [-0.1, -0.05) is 20.8 Å². The Balaban J connectivity index is 0.00000100. The van der Waals surface area contributed by atoms with Crippen LogP contribution in [0.2, 0.25) is 0 Å². The molecule has 27 heavy (non-hydrogen) atoms. The summed E-state index contributed by atoms with van der Waals surface area (Å²) in [6.07, 6.45) is 0. The van der Waals surface area contributed by atoms with Crippen LogP contribution in [0.3, 0.4) is 0 Å². The van der Waals surface area contributed by atoms with Crippen molar-refractivity contribution < 1.29 is 42.2 Å². The zero-order valence-corrected chi connectivity index (χ0v) is 19.7. The minimum absolute atomic E-state index is 0. The third-order valence-electron chi connectivity index (χ3n) is 3.79. The van der Waals surface area contributed by atoms with E-state index in [1.807, 2.05) is 6.92 Å². The van der Waals surface area contributed by atoms with Gasteiger partial charge in [0.25, 0.3) is 0 Å². The molecule has 0 radical (unpaired) electrons. The van der Waals surface area contributed by atoms with E-state index in [0.717, 1.165) is 34.3 Å². The summed E-state index contributed by atoms with van der Waals surface area (Å²) in [6.45, 7) is 12.0. The zero-order chi connectivity index (χ0) is 19.9.